The third-order valence-electron chi connectivity index (χ3n) is 3.55. The molecule has 0 unspecified atom stereocenters. The van der Waals surface area contributed by atoms with Gasteiger partial charge in [0.25, 0.3) is 5.91 Å². The number of benzene rings is 1. The molecule has 1 aromatic rings. The topological polar surface area (TPSA) is 32.3 Å². The second-order valence-electron chi connectivity index (χ2n) is 4.96. The summed E-state index contributed by atoms with van der Waals surface area (Å²) in [6.45, 7) is 1.12. The zero-order chi connectivity index (χ0) is 14.8. The van der Waals surface area contributed by atoms with Crippen molar-refractivity contribution in [3.63, 3.8) is 0 Å². The molecule has 118 valence electrons. The maximum atomic E-state index is 12.7. The molecule has 1 aliphatic heterocycles. The average Bonchev–Trinajstić information content (AvgIpc) is 2.46. The molecular formula is C14H18ClF3N2O. The zero-order valence-corrected chi connectivity index (χ0v) is 12.4. The summed E-state index contributed by atoms with van der Waals surface area (Å²) in [6.07, 6.45) is -2.59. The number of carbonyl (C=O) groups excluding carboxylic acids is 1. The van der Waals surface area contributed by atoms with Gasteiger partial charge in [-0.2, -0.15) is 13.2 Å². The first-order chi connectivity index (χ1) is 9.41. The summed E-state index contributed by atoms with van der Waals surface area (Å²) in [4.78, 5) is 13.9. The molecule has 1 aromatic carbocycles. The van der Waals surface area contributed by atoms with Crippen LogP contribution in [0.5, 0.6) is 0 Å². The number of likely N-dealkylation sites (tertiary alicyclic amines) is 1. The highest BCUT2D eigenvalue weighted by Crippen LogP contribution is 2.29. The van der Waals surface area contributed by atoms with Gasteiger partial charge in [0, 0.05) is 24.7 Å². The Labute approximate surface area is 127 Å². The molecule has 1 saturated heterocycles. The van der Waals surface area contributed by atoms with Gasteiger partial charge in [0.2, 0.25) is 0 Å². The molecular weight excluding hydrogens is 305 g/mol. The highest BCUT2D eigenvalue weighted by atomic mass is 35.5. The summed E-state index contributed by atoms with van der Waals surface area (Å²) in [5, 5.41) is 3.10. The molecule has 21 heavy (non-hydrogen) atoms. The van der Waals surface area contributed by atoms with Gasteiger partial charge in [0.1, 0.15) is 0 Å². The fourth-order valence-electron chi connectivity index (χ4n) is 2.41. The van der Waals surface area contributed by atoms with Crippen LogP contribution in [0.15, 0.2) is 24.3 Å². The van der Waals surface area contributed by atoms with E-state index in [0.717, 1.165) is 25.0 Å². The van der Waals surface area contributed by atoms with Crippen LogP contribution in [0.25, 0.3) is 0 Å². The van der Waals surface area contributed by atoms with Crippen LogP contribution in [0.4, 0.5) is 13.2 Å². The number of alkyl halides is 3. The van der Waals surface area contributed by atoms with Gasteiger partial charge in [0.05, 0.1) is 5.56 Å². The number of carbonyl (C=O) groups is 1. The van der Waals surface area contributed by atoms with Gasteiger partial charge >= 0.3 is 6.18 Å². The van der Waals surface area contributed by atoms with Gasteiger partial charge < -0.3 is 10.2 Å². The highest BCUT2D eigenvalue weighted by molar-refractivity contribution is 5.94. The molecule has 3 nitrogen and oxygen atoms in total. The maximum Gasteiger partial charge on any atom is 0.416 e. The minimum absolute atomic E-state index is 0. The van der Waals surface area contributed by atoms with Crippen LogP contribution in [0.1, 0.15) is 28.8 Å². The molecule has 0 radical (unpaired) electrons. The lowest BCUT2D eigenvalue weighted by Crippen LogP contribution is -2.47. The van der Waals surface area contributed by atoms with Crippen LogP contribution in [0, 0.1) is 0 Å². The number of halogens is 4. The molecule has 0 aliphatic carbocycles. The van der Waals surface area contributed by atoms with Crippen molar-refractivity contribution in [2.45, 2.75) is 25.1 Å². The van der Waals surface area contributed by atoms with Crippen molar-refractivity contribution in [1.82, 2.24) is 10.2 Å². The number of rotatable bonds is 2. The number of nitrogens with one attached hydrogen (secondary N) is 1. The standard InChI is InChI=1S/C14H17F3N2O.ClH/c1-18-12-6-3-7-19(9-12)13(20)10-4-2-5-11(8-10)14(15,16)17;/h2,4-5,8,12,18H,3,6-7,9H2,1H3;1H/t12-;/m0./s1. The van der Waals surface area contributed by atoms with Gasteiger partial charge in [-0.25, -0.2) is 0 Å². The smallest absolute Gasteiger partial charge is 0.337 e. The van der Waals surface area contributed by atoms with Crippen molar-refractivity contribution in [3.05, 3.63) is 35.4 Å². The van der Waals surface area contributed by atoms with E-state index >= 15 is 0 Å². The van der Waals surface area contributed by atoms with E-state index in [-0.39, 0.29) is 29.9 Å². The summed E-state index contributed by atoms with van der Waals surface area (Å²) in [5.74, 6) is -0.337. The summed E-state index contributed by atoms with van der Waals surface area (Å²) in [6, 6.07) is 4.81. The fraction of sp³-hybridized carbons (Fsp3) is 0.500. The SMILES string of the molecule is CN[C@H]1CCCN(C(=O)c2cccc(C(F)(F)F)c2)C1.Cl. The maximum absolute atomic E-state index is 12.7. The lowest BCUT2D eigenvalue weighted by molar-refractivity contribution is -0.137. The normalized spacial score (nSPS) is 19.0. The van der Waals surface area contributed by atoms with Crippen LogP contribution >= 0.6 is 12.4 Å². The van der Waals surface area contributed by atoms with E-state index in [4.69, 9.17) is 0 Å². The largest absolute Gasteiger partial charge is 0.416 e. The Hall–Kier alpha value is -1.27. The van der Waals surface area contributed by atoms with E-state index < -0.39 is 11.7 Å². The van der Waals surface area contributed by atoms with Crippen molar-refractivity contribution in [3.8, 4) is 0 Å². The van der Waals surface area contributed by atoms with E-state index in [1.165, 1.54) is 12.1 Å². The first kappa shape index (κ1) is 17.8. The second-order valence-corrected chi connectivity index (χ2v) is 4.96. The van der Waals surface area contributed by atoms with Crippen molar-refractivity contribution in [2.24, 2.45) is 0 Å². The second kappa shape index (κ2) is 7.13. The molecule has 0 saturated carbocycles. The minimum Gasteiger partial charge on any atom is -0.337 e. The zero-order valence-electron chi connectivity index (χ0n) is 11.6. The number of hydrogen-bond donors (Lipinski definition) is 1. The molecule has 7 heteroatoms. The number of piperidine rings is 1. The van der Waals surface area contributed by atoms with Crippen molar-refractivity contribution in [1.29, 1.82) is 0 Å². The number of amides is 1. The molecule has 1 fully saturated rings. The Morgan fingerprint density at radius 2 is 2.10 bits per heavy atom. The molecule has 0 spiro atoms. The van der Waals surface area contributed by atoms with Crippen molar-refractivity contribution < 1.29 is 18.0 Å². The molecule has 1 N–H and O–H groups in total. The van der Waals surface area contributed by atoms with E-state index in [9.17, 15) is 18.0 Å². The quantitative estimate of drug-likeness (QED) is 0.908. The van der Waals surface area contributed by atoms with Gasteiger partial charge in [-0.15, -0.1) is 12.4 Å². The third-order valence-corrected chi connectivity index (χ3v) is 3.55. The average molecular weight is 323 g/mol. The Balaban J connectivity index is 0.00000220. The molecule has 2 rings (SSSR count). The van der Waals surface area contributed by atoms with Crippen molar-refractivity contribution >= 4 is 18.3 Å². The van der Waals surface area contributed by atoms with E-state index in [1.807, 2.05) is 7.05 Å². The Kier molecular flexibility index (Phi) is 6.04. The Morgan fingerprint density at radius 1 is 1.38 bits per heavy atom. The van der Waals surface area contributed by atoms with E-state index in [2.05, 4.69) is 5.32 Å². The summed E-state index contributed by atoms with van der Waals surface area (Å²) < 4.78 is 38.0. The fourth-order valence-corrected chi connectivity index (χ4v) is 2.41. The van der Waals surface area contributed by atoms with Crippen LogP contribution in [0.2, 0.25) is 0 Å². The summed E-state index contributed by atoms with van der Waals surface area (Å²) in [7, 11) is 1.82. The number of hydrogen-bond acceptors (Lipinski definition) is 2. The monoisotopic (exact) mass is 322 g/mol. The van der Waals surface area contributed by atoms with Gasteiger partial charge in [-0.05, 0) is 38.1 Å². The van der Waals surface area contributed by atoms with Crippen LogP contribution in [-0.2, 0) is 6.18 Å². The van der Waals surface area contributed by atoms with Crippen LogP contribution in [-0.4, -0.2) is 37.0 Å². The lowest BCUT2D eigenvalue weighted by Gasteiger charge is -2.32. The molecule has 1 aliphatic rings. The molecule has 1 atom stereocenters. The van der Waals surface area contributed by atoms with E-state index in [0.29, 0.717) is 13.1 Å². The molecule has 1 heterocycles. The van der Waals surface area contributed by atoms with Crippen LogP contribution in [0.3, 0.4) is 0 Å². The lowest BCUT2D eigenvalue weighted by atomic mass is 10.0. The highest BCUT2D eigenvalue weighted by Gasteiger charge is 2.31. The van der Waals surface area contributed by atoms with Crippen LogP contribution < -0.4 is 5.32 Å². The van der Waals surface area contributed by atoms with Gasteiger partial charge in [0.15, 0.2) is 0 Å². The summed E-state index contributed by atoms with van der Waals surface area (Å²) >= 11 is 0. The molecule has 0 aromatic heterocycles. The molecule has 1 amide bonds. The van der Waals surface area contributed by atoms with Gasteiger partial charge in [-0.1, -0.05) is 6.07 Å². The minimum atomic E-state index is -4.42. The Bertz CT molecular complexity index is 493. The number of nitrogens with zero attached hydrogens (tertiary/aromatic N) is 1. The molecule has 0 bridgehead atoms. The van der Waals surface area contributed by atoms with Crippen molar-refractivity contribution in [2.75, 3.05) is 20.1 Å². The predicted octanol–water partition coefficient (Wildman–Crippen LogP) is 2.95. The van der Waals surface area contributed by atoms with E-state index in [1.54, 1.807) is 4.90 Å². The number of likely N-dealkylation sites (N-methyl/N-ethyl adjacent to an activating group) is 1. The third kappa shape index (κ3) is 4.35. The van der Waals surface area contributed by atoms with Gasteiger partial charge in [-0.3, -0.25) is 4.79 Å². The first-order valence-electron chi connectivity index (χ1n) is 6.55. The summed E-state index contributed by atoms with van der Waals surface area (Å²) in [5.41, 5.74) is -0.692. The Morgan fingerprint density at radius 3 is 2.71 bits per heavy atom. The predicted molar refractivity (Wildman–Crippen MR) is 76.7 cm³/mol. The first-order valence-corrected chi connectivity index (χ1v) is 6.55.